The van der Waals surface area contributed by atoms with Gasteiger partial charge in [-0.25, -0.2) is 9.97 Å². The smallest absolute Gasteiger partial charge is 0.239 e. The third-order valence-electron chi connectivity index (χ3n) is 5.45. The number of piperazine rings is 1. The van der Waals surface area contributed by atoms with Gasteiger partial charge in [-0.1, -0.05) is 6.92 Å². The fourth-order valence-corrected chi connectivity index (χ4v) is 5.26. The molecule has 4 rings (SSSR count). The average Bonchev–Trinajstić information content (AvgIpc) is 3.04. The van der Waals surface area contributed by atoms with Gasteiger partial charge in [-0.15, -0.1) is 11.3 Å². The molecule has 28 heavy (non-hydrogen) atoms. The number of carbonyl (C=O) groups is 1. The summed E-state index contributed by atoms with van der Waals surface area (Å²) in [6.45, 7) is 5.75. The lowest BCUT2D eigenvalue weighted by atomic mass is 9.89. The van der Waals surface area contributed by atoms with Gasteiger partial charge in [-0.05, 0) is 36.8 Å². The second-order valence-electron chi connectivity index (χ2n) is 7.53. The number of nitrogens with one attached hydrogen (secondary N) is 1. The quantitative estimate of drug-likeness (QED) is 0.854. The van der Waals surface area contributed by atoms with Gasteiger partial charge >= 0.3 is 0 Å². The first-order chi connectivity index (χ1) is 13.6. The van der Waals surface area contributed by atoms with Gasteiger partial charge in [0.15, 0.2) is 0 Å². The van der Waals surface area contributed by atoms with Crippen LogP contribution in [-0.4, -0.2) is 53.5 Å². The number of carbonyl (C=O) groups excluding carboxylic acids is 1. The van der Waals surface area contributed by atoms with Crippen LogP contribution in [0.5, 0.6) is 0 Å². The number of anilines is 2. The molecule has 7 nitrogen and oxygen atoms in total. The molecule has 2 aliphatic rings. The second-order valence-corrected chi connectivity index (χ2v) is 8.63. The van der Waals surface area contributed by atoms with E-state index in [9.17, 15) is 10.1 Å². The van der Waals surface area contributed by atoms with Crippen LogP contribution >= 0.6 is 11.3 Å². The minimum atomic E-state index is -0.0486. The Labute approximate surface area is 169 Å². The molecule has 0 bridgehead atoms. The minimum Gasteiger partial charge on any atom is -0.338 e. The zero-order valence-electron chi connectivity index (χ0n) is 16.0. The van der Waals surface area contributed by atoms with Crippen molar-refractivity contribution < 1.29 is 4.79 Å². The molecular weight excluding hydrogens is 372 g/mol. The molecule has 1 saturated heterocycles. The number of hydrogen-bond donors (Lipinski definition) is 1. The molecule has 0 saturated carbocycles. The van der Waals surface area contributed by atoms with E-state index in [1.807, 2.05) is 6.07 Å². The van der Waals surface area contributed by atoms with E-state index in [-0.39, 0.29) is 5.91 Å². The van der Waals surface area contributed by atoms with Crippen LogP contribution in [0, 0.1) is 17.2 Å². The van der Waals surface area contributed by atoms with E-state index in [1.54, 1.807) is 23.7 Å². The number of hydrogen-bond acceptors (Lipinski definition) is 7. The molecule has 2 aromatic heterocycles. The molecule has 1 atom stereocenters. The van der Waals surface area contributed by atoms with Crippen molar-refractivity contribution in [3.8, 4) is 6.07 Å². The minimum absolute atomic E-state index is 0.0486. The third-order valence-corrected chi connectivity index (χ3v) is 6.62. The van der Waals surface area contributed by atoms with Crippen molar-refractivity contribution in [1.29, 1.82) is 5.26 Å². The highest BCUT2D eigenvalue weighted by Crippen LogP contribution is 2.39. The maximum absolute atomic E-state index is 12.6. The summed E-state index contributed by atoms with van der Waals surface area (Å²) >= 11 is 1.58. The lowest BCUT2D eigenvalue weighted by Gasteiger charge is -2.34. The molecule has 1 fully saturated rings. The van der Waals surface area contributed by atoms with E-state index in [1.165, 1.54) is 4.88 Å². The number of fused-ring (bicyclic) bond motifs is 1. The molecule has 8 heteroatoms. The first-order valence-corrected chi connectivity index (χ1v) is 10.5. The molecule has 1 aliphatic carbocycles. The van der Waals surface area contributed by atoms with Crippen molar-refractivity contribution in [1.82, 2.24) is 14.9 Å². The number of thiophene rings is 1. The zero-order chi connectivity index (χ0) is 19.5. The molecule has 0 spiro atoms. The molecule has 0 radical (unpaired) electrons. The van der Waals surface area contributed by atoms with Gasteiger partial charge in [-0.3, -0.25) is 9.69 Å². The summed E-state index contributed by atoms with van der Waals surface area (Å²) in [5, 5.41) is 13.3. The van der Waals surface area contributed by atoms with Gasteiger partial charge in [0.2, 0.25) is 11.9 Å². The van der Waals surface area contributed by atoms with Crippen LogP contribution in [0.15, 0.2) is 18.5 Å². The Morgan fingerprint density at radius 1 is 1.32 bits per heavy atom. The lowest BCUT2D eigenvalue weighted by Crippen LogP contribution is -2.49. The maximum Gasteiger partial charge on any atom is 0.239 e. The molecule has 146 valence electrons. The molecule has 2 aromatic rings. The normalized spacial score (nSPS) is 19.7. The number of aromatic nitrogens is 2. The molecule has 1 unspecified atom stereocenters. The number of rotatable bonds is 4. The van der Waals surface area contributed by atoms with E-state index >= 15 is 0 Å². The lowest BCUT2D eigenvalue weighted by molar-refractivity contribution is -0.117. The van der Waals surface area contributed by atoms with Crippen LogP contribution in [0.3, 0.4) is 0 Å². The van der Waals surface area contributed by atoms with Gasteiger partial charge in [0.1, 0.15) is 11.1 Å². The van der Waals surface area contributed by atoms with Gasteiger partial charge in [-0.2, -0.15) is 5.26 Å². The number of nitrogens with zero attached hydrogens (tertiary/aromatic N) is 5. The predicted octanol–water partition coefficient (Wildman–Crippen LogP) is 2.30. The summed E-state index contributed by atoms with van der Waals surface area (Å²) in [4.78, 5) is 26.7. The highest BCUT2D eigenvalue weighted by Gasteiger charge is 2.26. The van der Waals surface area contributed by atoms with E-state index in [4.69, 9.17) is 0 Å². The Balaban J connectivity index is 1.34. The molecular formula is C20H24N6OS. The maximum atomic E-state index is 12.6. The fraction of sp³-hybridized carbons (Fsp3) is 0.500. The largest absolute Gasteiger partial charge is 0.338 e. The number of nitriles is 1. The van der Waals surface area contributed by atoms with Gasteiger partial charge < -0.3 is 10.2 Å². The Morgan fingerprint density at radius 3 is 2.79 bits per heavy atom. The Kier molecular flexibility index (Phi) is 5.55. The summed E-state index contributed by atoms with van der Waals surface area (Å²) in [7, 11) is 0. The molecule has 1 N–H and O–H groups in total. The molecule has 3 heterocycles. The van der Waals surface area contributed by atoms with Crippen molar-refractivity contribution in [2.45, 2.75) is 26.2 Å². The summed E-state index contributed by atoms with van der Waals surface area (Å²) in [5.74, 6) is 1.34. The van der Waals surface area contributed by atoms with Gasteiger partial charge in [0, 0.05) is 43.4 Å². The first-order valence-electron chi connectivity index (χ1n) is 9.73. The Bertz CT molecular complexity index is 882. The predicted molar refractivity (Wildman–Crippen MR) is 110 cm³/mol. The van der Waals surface area contributed by atoms with E-state index in [2.05, 4.69) is 38.1 Å². The highest BCUT2D eigenvalue weighted by molar-refractivity contribution is 7.16. The highest BCUT2D eigenvalue weighted by atomic mass is 32.1. The zero-order valence-corrected chi connectivity index (χ0v) is 16.8. The van der Waals surface area contributed by atoms with Crippen LogP contribution in [0.1, 0.15) is 29.3 Å². The average molecular weight is 397 g/mol. The molecule has 0 aromatic carbocycles. The third kappa shape index (κ3) is 4.01. The standard InChI is InChI=1S/C20H24N6OS/c1-14-3-4-15-16(12-21)19(28-17(15)11-14)24-18(27)13-25-7-9-26(10-8-25)20-22-5-2-6-23-20/h2,5-6,14H,3-4,7-11,13H2,1H3,(H,24,27). The van der Waals surface area contributed by atoms with E-state index < -0.39 is 0 Å². The van der Waals surface area contributed by atoms with Crippen LogP contribution < -0.4 is 10.2 Å². The van der Waals surface area contributed by atoms with Crippen LogP contribution in [-0.2, 0) is 17.6 Å². The monoisotopic (exact) mass is 396 g/mol. The van der Waals surface area contributed by atoms with Crippen LogP contribution in [0.25, 0.3) is 0 Å². The first kappa shape index (κ1) is 18.8. The van der Waals surface area contributed by atoms with Crippen molar-refractivity contribution in [3.05, 3.63) is 34.5 Å². The van der Waals surface area contributed by atoms with Crippen LogP contribution in [0.2, 0.25) is 0 Å². The molecule has 1 aliphatic heterocycles. The summed E-state index contributed by atoms with van der Waals surface area (Å²) in [5.41, 5.74) is 1.82. The summed E-state index contributed by atoms with van der Waals surface area (Å²) in [6.07, 6.45) is 6.55. The Hall–Kier alpha value is -2.50. The summed E-state index contributed by atoms with van der Waals surface area (Å²) in [6, 6.07) is 4.12. The van der Waals surface area contributed by atoms with E-state index in [0.29, 0.717) is 18.0 Å². The van der Waals surface area contributed by atoms with Crippen molar-refractivity contribution in [3.63, 3.8) is 0 Å². The number of amides is 1. The molecule has 1 amide bonds. The van der Waals surface area contributed by atoms with Gasteiger partial charge in [0.25, 0.3) is 0 Å². The van der Waals surface area contributed by atoms with Crippen molar-refractivity contribution in [2.24, 2.45) is 5.92 Å². The topological polar surface area (TPSA) is 85.2 Å². The SMILES string of the molecule is CC1CCc2c(sc(NC(=O)CN3CCN(c4ncccn4)CC3)c2C#N)C1. The van der Waals surface area contributed by atoms with Crippen LogP contribution in [0.4, 0.5) is 10.9 Å². The van der Waals surface area contributed by atoms with Crippen molar-refractivity contribution in [2.75, 3.05) is 42.9 Å². The van der Waals surface area contributed by atoms with E-state index in [0.717, 1.165) is 62.0 Å². The fourth-order valence-electron chi connectivity index (χ4n) is 3.89. The van der Waals surface area contributed by atoms with Gasteiger partial charge in [0.05, 0.1) is 12.1 Å². The Morgan fingerprint density at radius 2 is 2.07 bits per heavy atom. The van der Waals surface area contributed by atoms with Crippen molar-refractivity contribution >= 4 is 28.2 Å². The summed E-state index contributed by atoms with van der Waals surface area (Å²) < 4.78 is 0. The second kappa shape index (κ2) is 8.25.